The molecule has 0 fully saturated rings. The van der Waals surface area contributed by atoms with E-state index in [9.17, 15) is 0 Å². The minimum atomic E-state index is 0.257. The molecule has 0 spiro atoms. The molecule has 0 radical (unpaired) electrons. The molecule has 5 nitrogen and oxygen atoms in total. The zero-order chi connectivity index (χ0) is 13.4. The van der Waals surface area contributed by atoms with E-state index in [0.717, 1.165) is 24.7 Å². The van der Waals surface area contributed by atoms with Crippen molar-refractivity contribution >= 4 is 11.6 Å². The van der Waals surface area contributed by atoms with Gasteiger partial charge in [0.05, 0.1) is 6.07 Å². The first-order valence-electron chi connectivity index (χ1n) is 6.27. The van der Waals surface area contributed by atoms with E-state index in [1.54, 1.807) is 0 Å². The summed E-state index contributed by atoms with van der Waals surface area (Å²) < 4.78 is 0. The van der Waals surface area contributed by atoms with E-state index in [4.69, 9.17) is 5.26 Å². The second-order valence-corrected chi connectivity index (χ2v) is 4.73. The Bertz CT molecular complexity index is 397. The summed E-state index contributed by atoms with van der Waals surface area (Å²) >= 11 is 0. The van der Waals surface area contributed by atoms with Crippen LogP contribution in [0.3, 0.4) is 0 Å². The van der Waals surface area contributed by atoms with Gasteiger partial charge in [-0.3, -0.25) is 0 Å². The molecule has 1 N–H and O–H groups in total. The third-order valence-corrected chi connectivity index (χ3v) is 2.67. The molecular weight excluding hydrogens is 226 g/mol. The van der Waals surface area contributed by atoms with E-state index < -0.39 is 0 Å². The molecule has 1 aromatic rings. The topological polar surface area (TPSA) is 64.8 Å². The van der Waals surface area contributed by atoms with Crippen molar-refractivity contribution < 1.29 is 0 Å². The van der Waals surface area contributed by atoms with Crippen LogP contribution in [-0.4, -0.2) is 30.1 Å². The van der Waals surface area contributed by atoms with Gasteiger partial charge >= 0.3 is 0 Å². The molecule has 0 aliphatic heterocycles. The van der Waals surface area contributed by atoms with E-state index in [-0.39, 0.29) is 6.54 Å². The second kappa shape index (κ2) is 7.49. The van der Waals surface area contributed by atoms with Crippen molar-refractivity contribution in [3.8, 4) is 6.07 Å². The van der Waals surface area contributed by atoms with Crippen LogP contribution in [0.2, 0.25) is 0 Å². The Kier molecular flexibility index (Phi) is 5.92. The molecule has 1 rings (SSSR count). The number of nitrogens with one attached hydrogen (secondary N) is 1. The molecule has 0 amide bonds. The van der Waals surface area contributed by atoms with Crippen molar-refractivity contribution in [1.82, 2.24) is 9.97 Å². The molecular formula is C13H21N5. The molecule has 5 heteroatoms. The summed E-state index contributed by atoms with van der Waals surface area (Å²) in [6, 6.07) is 3.89. The third-order valence-electron chi connectivity index (χ3n) is 2.67. The predicted octanol–water partition coefficient (Wildman–Crippen LogP) is 2.28. The van der Waals surface area contributed by atoms with Crippen molar-refractivity contribution in [2.24, 2.45) is 5.92 Å². The second-order valence-electron chi connectivity index (χ2n) is 4.73. The smallest absolute Gasteiger partial charge is 0.133 e. The first kappa shape index (κ1) is 14.2. The number of hydrogen-bond donors (Lipinski definition) is 1. The molecule has 0 saturated heterocycles. The largest absolute Gasteiger partial charge is 0.360 e. The highest BCUT2D eigenvalue weighted by molar-refractivity contribution is 5.48. The number of aromatic nitrogens is 2. The highest BCUT2D eigenvalue weighted by Crippen LogP contribution is 2.13. The Labute approximate surface area is 109 Å². The summed E-state index contributed by atoms with van der Waals surface area (Å²) in [6.07, 6.45) is 3.89. The lowest BCUT2D eigenvalue weighted by atomic mass is 10.1. The van der Waals surface area contributed by atoms with Gasteiger partial charge in [-0.05, 0) is 18.8 Å². The van der Waals surface area contributed by atoms with E-state index >= 15 is 0 Å². The van der Waals surface area contributed by atoms with Crippen molar-refractivity contribution in [2.75, 3.05) is 30.4 Å². The lowest BCUT2D eigenvalue weighted by Gasteiger charge is -2.18. The fourth-order valence-corrected chi connectivity index (χ4v) is 1.63. The van der Waals surface area contributed by atoms with Crippen molar-refractivity contribution in [3.05, 3.63) is 12.4 Å². The van der Waals surface area contributed by atoms with Crippen LogP contribution in [0.4, 0.5) is 11.6 Å². The molecule has 18 heavy (non-hydrogen) atoms. The summed E-state index contributed by atoms with van der Waals surface area (Å²) in [5.41, 5.74) is 0. The Morgan fingerprint density at radius 1 is 1.44 bits per heavy atom. The van der Waals surface area contributed by atoms with Gasteiger partial charge in [-0.15, -0.1) is 0 Å². The molecule has 0 aliphatic rings. The Balaban J connectivity index is 2.51. The first-order valence-corrected chi connectivity index (χ1v) is 6.27. The van der Waals surface area contributed by atoms with Gasteiger partial charge in [-0.2, -0.15) is 5.26 Å². The Hall–Kier alpha value is -1.83. The van der Waals surface area contributed by atoms with Gasteiger partial charge in [-0.1, -0.05) is 13.8 Å². The molecule has 1 heterocycles. The normalized spacial score (nSPS) is 10.2. The van der Waals surface area contributed by atoms with Crippen LogP contribution in [-0.2, 0) is 0 Å². The average molecular weight is 247 g/mol. The van der Waals surface area contributed by atoms with Gasteiger partial charge in [0.25, 0.3) is 0 Å². The SMILES string of the molecule is CC(C)CCCN(C)c1cc(NCC#N)ncn1. The highest BCUT2D eigenvalue weighted by Gasteiger charge is 2.04. The van der Waals surface area contributed by atoms with Gasteiger partial charge in [-0.25, -0.2) is 9.97 Å². The minimum absolute atomic E-state index is 0.257. The van der Waals surface area contributed by atoms with Crippen LogP contribution >= 0.6 is 0 Å². The summed E-state index contributed by atoms with van der Waals surface area (Å²) in [5, 5.41) is 11.4. The van der Waals surface area contributed by atoms with Crippen molar-refractivity contribution in [2.45, 2.75) is 26.7 Å². The molecule has 0 aliphatic carbocycles. The van der Waals surface area contributed by atoms with Gasteiger partial charge < -0.3 is 10.2 Å². The fourth-order valence-electron chi connectivity index (χ4n) is 1.63. The lowest BCUT2D eigenvalue weighted by Crippen LogP contribution is -2.20. The molecule has 0 aromatic carbocycles. The molecule has 0 saturated carbocycles. The Morgan fingerprint density at radius 3 is 2.89 bits per heavy atom. The number of nitrogens with zero attached hydrogens (tertiary/aromatic N) is 4. The van der Waals surface area contributed by atoms with Crippen LogP contribution in [0.15, 0.2) is 12.4 Å². The maximum atomic E-state index is 8.51. The van der Waals surface area contributed by atoms with E-state index in [2.05, 4.69) is 34.0 Å². The molecule has 98 valence electrons. The standard InChI is InChI=1S/C13H21N5/c1-11(2)5-4-8-18(3)13-9-12(15-7-6-14)16-10-17-13/h9-11H,4-5,7-8H2,1-3H3,(H,15,16,17). The maximum Gasteiger partial charge on any atom is 0.133 e. The number of nitriles is 1. The predicted molar refractivity (Wildman–Crippen MR) is 73.5 cm³/mol. The lowest BCUT2D eigenvalue weighted by molar-refractivity contribution is 0.555. The molecule has 0 unspecified atom stereocenters. The van der Waals surface area contributed by atoms with E-state index in [1.807, 2.05) is 19.2 Å². The molecule has 0 bridgehead atoms. The number of rotatable bonds is 7. The van der Waals surface area contributed by atoms with Crippen LogP contribution in [0.5, 0.6) is 0 Å². The maximum absolute atomic E-state index is 8.51. The van der Waals surface area contributed by atoms with Crippen LogP contribution in [0.1, 0.15) is 26.7 Å². The third kappa shape index (κ3) is 5.00. The van der Waals surface area contributed by atoms with Gasteiger partial charge in [0.2, 0.25) is 0 Å². The van der Waals surface area contributed by atoms with Crippen LogP contribution in [0.25, 0.3) is 0 Å². The zero-order valence-corrected chi connectivity index (χ0v) is 11.3. The van der Waals surface area contributed by atoms with Crippen LogP contribution in [0, 0.1) is 17.2 Å². The fraction of sp³-hybridized carbons (Fsp3) is 0.615. The Morgan fingerprint density at radius 2 is 2.22 bits per heavy atom. The average Bonchev–Trinajstić information content (AvgIpc) is 2.36. The summed E-state index contributed by atoms with van der Waals surface area (Å²) in [7, 11) is 2.02. The minimum Gasteiger partial charge on any atom is -0.360 e. The summed E-state index contributed by atoms with van der Waals surface area (Å²) in [4.78, 5) is 10.4. The zero-order valence-electron chi connectivity index (χ0n) is 11.3. The summed E-state index contributed by atoms with van der Waals surface area (Å²) in [5.74, 6) is 2.31. The molecule has 1 aromatic heterocycles. The van der Waals surface area contributed by atoms with Gasteiger partial charge in [0, 0.05) is 19.7 Å². The monoisotopic (exact) mass is 247 g/mol. The quantitative estimate of drug-likeness (QED) is 0.749. The van der Waals surface area contributed by atoms with Crippen molar-refractivity contribution in [1.29, 1.82) is 5.26 Å². The van der Waals surface area contributed by atoms with Crippen LogP contribution < -0.4 is 10.2 Å². The van der Waals surface area contributed by atoms with Crippen molar-refractivity contribution in [3.63, 3.8) is 0 Å². The molecule has 0 atom stereocenters. The van der Waals surface area contributed by atoms with E-state index in [0.29, 0.717) is 5.82 Å². The number of hydrogen-bond acceptors (Lipinski definition) is 5. The highest BCUT2D eigenvalue weighted by atomic mass is 15.2. The summed E-state index contributed by atoms with van der Waals surface area (Å²) in [6.45, 7) is 5.70. The number of anilines is 2. The van der Waals surface area contributed by atoms with E-state index in [1.165, 1.54) is 12.7 Å². The first-order chi connectivity index (χ1) is 8.63. The van der Waals surface area contributed by atoms with Gasteiger partial charge in [0.15, 0.2) is 0 Å². The van der Waals surface area contributed by atoms with Gasteiger partial charge in [0.1, 0.15) is 24.5 Å².